The average molecular weight is 318 g/mol. The highest BCUT2D eigenvalue weighted by Gasteiger charge is 2.17. The first-order chi connectivity index (χ1) is 10.7. The van der Waals surface area contributed by atoms with E-state index < -0.39 is 0 Å². The zero-order valence-corrected chi connectivity index (χ0v) is 13.9. The molecule has 5 heteroatoms. The quantitative estimate of drug-likeness (QED) is 0.941. The second-order valence-electron chi connectivity index (χ2n) is 5.73. The maximum atomic E-state index is 9.63. The molecule has 2 heterocycles. The van der Waals surface area contributed by atoms with Crippen LogP contribution in [-0.2, 0) is 17.9 Å². The van der Waals surface area contributed by atoms with Gasteiger partial charge in [0.05, 0.1) is 30.4 Å². The van der Waals surface area contributed by atoms with E-state index in [2.05, 4.69) is 36.9 Å². The Kier molecular flexibility index (Phi) is 4.88. The van der Waals surface area contributed by atoms with Crippen molar-refractivity contribution in [1.29, 1.82) is 0 Å². The molecule has 0 saturated carbocycles. The summed E-state index contributed by atoms with van der Waals surface area (Å²) in [5.41, 5.74) is 4.70. The molecule has 0 aliphatic carbocycles. The van der Waals surface area contributed by atoms with Gasteiger partial charge in [0, 0.05) is 25.2 Å². The van der Waals surface area contributed by atoms with Crippen molar-refractivity contribution in [1.82, 2.24) is 9.88 Å². The first-order valence-electron chi connectivity index (χ1n) is 7.64. The molecular formula is C17H22N2O2S. The predicted molar refractivity (Wildman–Crippen MR) is 89.0 cm³/mol. The Morgan fingerprint density at radius 1 is 1.23 bits per heavy atom. The standard InChI is InChI=1S/C17H22N2O2S/c1-12-3-4-14(9-13(12)2)17-18-15(16(11-20)22-17)10-19-5-7-21-8-6-19/h3-4,9,20H,5-8,10-11H2,1-2H3. The van der Waals surface area contributed by atoms with E-state index >= 15 is 0 Å². The van der Waals surface area contributed by atoms with Crippen LogP contribution in [0.25, 0.3) is 10.6 Å². The van der Waals surface area contributed by atoms with Crippen LogP contribution in [0.4, 0.5) is 0 Å². The van der Waals surface area contributed by atoms with Gasteiger partial charge in [0.15, 0.2) is 0 Å². The monoisotopic (exact) mass is 318 g/mol. The molecule has 1 N–H and O–H groups in total. The van der Waals surface area contributed by atoms with Gasteiger partial charge >= 0.3 is 0 Å². The van der Waals surface area contributed by atoms with Gasteiger partial charge in [-0.05, 0) is 31.0 Å². The zero-order chi connectivity index (χ0) is 15.5. The molecular weight excluding hydrogens is 296 g/mol. The van der Waals surface area contributed by atoms with Gasteiger partial charge in [-0.2, -0.15) is 0 Å². The second-order valence-corrected chi connectivity index (χ2v) is 6.82. The van der Waals surface area contributed by atoms with Crippen LogP contribution in [0, 0.1) is 13.8 Å². The lowest BCUT2D eigenvalue weighted by Gasteiger charge is -2.26. The second kappa shape index (κ2) is 6.87. The summed E-state index contributed by atoms with van der Waals surface area (Å²) in [6.45, 7) is 8.51. The molecule has 0 bridgehead atoms. The predicted octanol–water partition coefficient (Wildman–Crippen LogP) is 2.75. The van der Waals surface area contributed by atoms with E-state index in [4.69, 9.17) is 9.72 Å². The molecule has 0 atom stereocenters. The van der Waals surface area contributed by atoms with Gasteiger partial charge in [0.1, 0.15) is 5.01 Å². The van der Waals surface area contributed by atoms with Crippen molar-refractivity contribution in [2.24, 2.45) is 0 Å². The van der Waals surface area contributed by atoms with Gasteiger partial charge in [-0.25, -0.2) is 4.98 Å². The zero-order valence-electron chi connectivity index (χ0n) is 13.1. The summed E-state index contributed by atoms with van der Waals surface area (Å²) >= 11 is 1.60. The van der Waals surface area contributed by atoms with Crippen molar-refractivity contribution in [3.05, 3.63) is 39.9 Å². The fourth-order valence-corrected chi connectivity index (χ4v) is 3.53. The topological polar surface area (TPSA) is 45.6 Å². The number of morpholine rings is 1. The molecule has 0 radical (unpaired) electrons. The van der Waals surface area contributed by atoms with Crippen molar-refractivity contribution in [3.8, 4) is 10.6 Å². The molecule has 3 rings (SSSR count). The highest BCUT2D eigenvalue weighted by molar-refractivity contribution is 7.15. The van der Waals surface area contributed by atoms with Crippen LogP contribution >= 0.6 is 11.3 Å². The Balaban J connectivity index is 1.85. The van der Waals surface area contributed by atoms with E-state index in [9.17, 15) is 5.11 Å². The molecule has 1 aliphatic rings. The van der Waals surface area contributed by atoms with Crippen LogP contribution in [0.15, 0.2) is 18.2 Å². The minimum Gasteiger partial charge on any atom is -0.391 e. The number of hydrogen-bond donors (Lipinski definition) is 1. The first kappa shape index (κ1) is 15.6. The van der Waals surface area contributed by atoms with Crippen LogP contribution < -0.4 is 0 Å². The largest absolute Gasteiger partial charge is 0.391 e. The van der Waals surface area contributed by atoms with E-state index in [1.165, 1.54) is 11.1 Å². The number of aryl methyl sites for hydroxylation is 2. The van der Waals surface area contributed by atoms with Crippen molar-refractivity contribution >= 4 is 11.3 Å². The van der Waals surface area contributed by atoms with Crippen molar-refractivity contribution in [2.75, 3.05) is 26.3 Å². The molecule has 22 heavy (non-hydrogen) atoms. The SMILES string of the molecule is Cc1ccc(-c2nc(CN3CCOCC3)c(CO)s2)cc1C. The Bertz CT molecular complexity index is 648. The summed E-state index contributed by atoms with van der Waals surface area (Å²) in [7, 11) is 0. The van der Waals surface area contributed by atoms with E-state index in [1.54, 1.807) is 11.3 Å². The van der Waals surface area contributed by atoms with Gasteiger partial charge in [-0.15, -0.1) is 11.3 Å². The molecule has 0 amide bonds. The number of thiazole rings is 1. The summed E-state index contributed by atoms with van der Waals surface area (Å²) in [5, 5.41) is 10.6. The Morgan fingerprint density at radius 3 is 2.68 bits per heavy atom. The smallest absolute Gasteiger partial charge is 0.124 e. The molecule has 118 valence electrons. The highest BCUT2D eigenvalue weighted by atomic mass is 32.1. The fourth-order valence-electron chi connectivity index (χ4n) is 2.60. The van der Waals surface area contributed by atoms with Crippen LogP contribution in [0.1, 0.15) is 21.7 Å². The lowest BCUT2D eigenvalue weighted by molar-refractivity contribution is 0.0335. The third-order valence-corrected chi connectivity index (χ3v) is 5.28. The van der Waals surface area contributed by atoms with Gasteiger partial charge in [-0.1, -0.05) is 12.1 Å². The summed E-state index contributed by atoms with van der Waals surface area (Å²) in [6.07, 6.45) is 0. The van der Waals surface area contributed by atoms with E-state index in [-0.39, 0.29) is 6.61 Å². The number of benzene rings is 1. The molecule has 1 saturated heterocycles. The molecule has 1 aromatic heterocycles. The summed E-state index contributed by atoms with van der Waals surface area (Å²) in [5.74, 6) is 0. The molecule has 0 unspecified atom stereocenters. The number of nitrogens with zero attached hydrogens (tertiary/aromatic N) is 2. The number of rotatable bonds is 4. The van der Waals surface area contributed by atoms with Crippen molar-refractivity contribution in [2.45, 2.75) is 27.0 Å². The van der Waals surface area contributed by atoms with E-state index in [0.29, 0.717) is 0 Å². The summed E-state index contributed by atoms with van der Waals surface area (Å²) in [4.78, 5) is 8.10. The van der Waals surface area contributed by atoms with Crippen LogP contribution in [0.5, 0.6) is 0 Å². The van der Waals surface area contributed by atoms with E-state index in [0.717, 1.165) is 54.0 Å². The summed E-state index contributed by atoms with van der Waals surface area (Å²) < 4.78 is 5.38. The van der Waals surface area contributed by atoms with Crippen molar-refractivity contribution in [3.63, 3.8) is 0 Å². The fraction of sp³-hybridized carbons (Fsp3) is 0.471. The van der Waals surface area contributed by atoms with Gasteiger partial charge in [0.2, 0.25) is 0 Å². The number of hydrogen-bond acceptors (Lipinski definition) is 5. The van der Waals surface area contributed by atoms with Gasteiger partial charge in [0.25, 0.3) is 0 Å². The number of ether oxygens (including phenoxy) is 1. The Morgan fingerprint density at radius 2 is 2.00 bits per heavy atom. The Labute approximate surface area is 135 Å². The van der Waals surface area contributed by atoms with Gasteiger partial charge in [-0.3, -0.25) is 4.90 Å². The molecule has 1 aromatic carbocycles. The summed E-state index contributed by atoms with van der Waals surface area (Å²) in [6, 6.07) is 6.42. The van der Waals surface area contributed by atoms with E-state index in [1.807, 2.05) is 0 Å². The van der Waals surface area contributed by atoms with Crippen LogP contribution in [0.2, 0.25) is 0 Å². The maximum Gasteiger partial charge on any atom is 0.124 e. The highest BCUT2D eigenvalue weighted by Crippen LogP contribution is 2.30. The first-order valence-corrected chi connectivity index (χ1v) is 8.46. The minimum absolute atomic E-state index is 0.0577. The van der Waals surface area contributed by atoms with Gasteiger partial charge < -0.3 is 9.84 Å². The molecule has 1 aliphatic heterocycles. The third-order valence-electron chi connectivity index (χ3n) is 4.15. The number of aromatic nitrogens is 1. The lowest BCUT2D eigenvalue weighted by atomic mass is 10.1. The Hall–Kier alpha value is -1.27. The number of aliphatic hydroxyl groups excluding tert-OH is 1. The molecule has 4 nitrogen and oxygen atoms in total. The van der Waals surface area contributed by atoms with Crippen molar-refractivity contribution < 1.29 is 9.84 Å². The lowest BCUT2D eigenvalue weighted by Crippen LogP contribution is -2.35. The minimum atomic E-state index is 0.0577. The average Bonchev–Trinajstić information content (AvgIpc) is 2.94. The van der Waals surface area contributed by atoms with Crippen LogP contribution in [0.3, 0.4) is 0 Å². The molecule has 1 fully saturated rings. The van der Waals surface area contributed by atoms with Crippen LogP contribution in [-0.4, -0.2) is 41.3 Å². The third kappa shape index (κ3) is 3.38. The molecule has 2 aromatic rings. The number of aliphatic hydroxyl groups is 1. The normalized spacial score (nSPS) is 16.1. The molecule has 0 spiro atoms. The maximum absolute atomic E-state index is 9.63.